The molecule has 0 fully saturated rings. The van der Waals surface area contributed by atoms with E-state index < -0.39 is 12.1 Å². The van der Waals surface area contributed by atoms with Gasteiger partial charge in [-0.15, -0.1) is 0 Å². The first-order valence-corrected chi connectivity index (χ1v) is 25.9. The van der Waals surface area contributed by atoms with Gasteiger partial charge in [0.15, 0.2) is 6.10 Å². The van der Waals surface area contributed by atoms with Gasteiger partial charge >= 0.3 is 17.9 Å². The molecule has 0 N–H and O–H groups in total. The van der Waals surface area contributed by atoms with E-state index in [0.29, 0.717) is 12.8 Å². The van der Waals surface area contributed by atoms with Gasteiger partial charge < -0.3 is 14.2 Å². The summed E-state index contributed by atoms with van der Waals surface area (Å²) < 4.78 is 16.6. The molecule has 1 atom stereocenters. The molecule has 0 heterocycles. The van der Waals surface area contributed by atoms with Crippen molar-refractivity contribution in [2.45, 2.75) is 252 Å². The van der Waals surface area contributed by atoms with Crippen LogP contribution in [0, 0.1) is 0 Å². The summed E-state index contributed by atoms with van der Waals surface area (Å²) in [6, 6.07) is 0. The highest BCUT2D eigenvalue weighted by Gasteiger charge is 2.19. The molecule has 0 saturated carbocycles. The number of hydrogen-bond donors (Lipinski definition) is 0. The average molecular weight is 865 g/mol. The van der Waals surface area contributed by atoms with Gasteiger partial charge in [-0.05, 0) is 64.2 Å². The summed E-state index contributed by atoms with van der Waals surface area (Å²) in [4.78, 5) is 37.8. The Hall–Kier alpha value is -3.15. The second-order valence-corrected chi connectivity index (χ2v) is 17.1. The maximum absolute atomic E-state index is 12.7. The molecule has 0 aromatic rings. The van der Waals surface area contributed by atoms with Crippen LogP contribution in [0.1, 0.15) is 245 Å². The Morgan fingerprint density at radius 3 is 1.18 bits per heavy atom. The molecule has 0 aromatic heterocycles. The molecule has 0 bridgehead atoms. The van der Waals surface area contributed by atoms with Crippen molar-refractivity contribution in [3.05, 3.63) is 72.9 Å². The molecule has 0 aliphatic carbocycles. The predicted molar refractivity (Wildman–Crippen MR) is 265 cm³/mol. The number of carbonyl (C=O) groups excluding carboxylic acids is 3. The van der Waals surface area contributed by atoms with E-state index >= 15 is 0 Å². The van der Waals surface area contributed by atoms with Crippen molar-refractivity contribution >= 4 is 17.9 Å². The molecular weight excluding hydrogens is 769 g/mol. The van der Waals surface area contributed by atoms with Gasteiger partial charge in [-0.25, -0.2) is 0 Å². The number of allylic oxidation sites excluding steroid dienone is 11. The molecule has 1 unspecified atom stereocenters. The van der Waals surface area contributed by atoms with E-state index in [1.807, 2.05) is 6.08 Å². The number of carbonyl (C=O) groups is 3. The highest BCUT2D eigenvalue weighted by molar-refractivity contribution is 5.72. The third-order valence-electron chi connectivity index (χ3n) is 11.0. The summed E-state index contributed by atoms with van der Waals surface area (Å²) >= 11 is 0. The monoisotopic (exact) mass is 865 g/mol. The van der Waals surface area contributed by atoms with Crippen LogP contribution in [0.5, 0.6) is 0 Å². The van der Waals surface area contributed by atoms with Crippen molar-refractivity contribution < 1.29 is 28.6 Å². The van der Waals surface area contributed by atoms with Crippen LogP contribution in [0.3, 0.4) is 0 Å². The third kappa shape index (κ3) is 47.9. The lowest BCUT2D eigenvalue weighted by atomic mass is 10.0. The second-order valence-electron chi connectivity index (χ2n) is 17.1. The van der Waals surface area contributed by atoms with E-state index in [4.69, 9.17) is 14.2 Å². The molecular formula is C56H96O6. The molecule has 6 heteroatoms. The Balaban J connectivity index is 4.41. The van der Waals surface area contributed by atoms with Gasteiger partial charge in [-0.3, -0.25) is 14.4 Å². The summed E-state index contributed by atoms with van der Waals surface area (Å²) in [5.74, 6) is -1.10. The van der Waals surface area contributed by atoms with Crippen LogP contribution in [0.25, 0.3) is 0 Å². The minimum Gasteiger partial charge on any atom is -0.462 e. The fourth-order valence-electron chi connectivity index (χ4n) is 7.11. The molecule has 0 aromatic carbocycles. The molecule has 0 aliphatic heterocycles. The van der Waals surface area contributed by atoms with E-state index in [2.05, 4.69) is 81.5 Å². The topological polar surface area (TPSA) is 78.9 Å². The number of rotatable bonds is 46. The number of ether oxygens (including phenoxy) is 3. The Bertz CT molecular complexity index is 1180. The largest absolute Gasteiger partial charge is 0.462 e. The SMILES string of the molecule is CC/C=C\C/C=C\C/C=C\CC(=O)OCC(COC(=O)CCCCCCCCCCCCCCCCCCCC)OC(=O)CCC/C=C\C/C=C\C/C=C\CCCCCCCC. The smallest absolute Gasteiger partial charge is 0.309 e. The van der Waals surface area contributed by atoms with Gasteiger partial charge in [0.2, 0.25) is 0 Å². The molecule has 356 valence electrons. The summed E-state index contributed by atoms with van der Waals surface area (Å²) in [6.07, 6.45) is 63.7. The lowest BCUT2D eigenvalue weighted by Gasteiger charge is -2.18. The van der Waals surface area contributed by atoms with Gasteiger partial charge in [-0.2, -0.15) is 0 Å². The van der Waals surface area contributed by atoms with Gasteiger partial charge in [0.1, 0.15) is 13.2 Å². The summed E-state index contributed by atoms with van der Waals surface area (Å²) in [5.41, 5.74) is 0. The van der Waals surface area contributed by atoms with Gasteiger partial charge in [-0.1, -0.05) is 235 Å². The molecule has 0 saturated heterocycles. The molecule has 0 spiro atoms. The molecule has 0 radical (unpaired) electrons. The zero-order chi connectivity index (χ0) is 45.1. The predicted octanol–water partition coefficient (Wildman–Crippen LogP) is 17.0. The first-order chi connectivity index (χ1) is 30.5. The van der Waals surface area contributed by atoms with Crippen molar-refractivity contribution in [3.8, 4) is 0 Å². The average Bonchev–Trinajstić information content (AvgIpc) is 3.27. The van der Waals surface area contributed by atoms with E-state index in [1.54, 1.807) is 6.08 Å². The third-order valence-corrected chi connectivity index (χ3v) is 11.0. The molecule has 0 rings (SSSR count). The Morgan fingerprint density at radius 2 is 0.710 bits per heavy atom. The fraction of sp³-hybridized carbons (Fsp3) is 0.732. The van der Waals surface area contributed by atoms with Crippen molar-refractivity contribution in [1.29, 1.82) is 0 Å². The standard InChI is InChI=1S/C56H96O6/c1-4-7-10-13-16-19-21-23-25-27-29-30-32-34-37-40-43-46-49-55(58)61-52-53(51-60-54(57)48-45-42-39-36-18-15-12-9-6-3)62-56(59)50-47-44-41-38-35-33-31-28-26-24-22-20-17-14-11-8-5-2/h9,12,18,24,26,31,33,36,38,41-42,45,53H,4-8,10-11,13-17,19-23,25,27-30,32,34-35,37,39-40,43-44,46-52H2,1-3H3/b12-9-,26-24-,33-31-,36-18-,41-38-,45-42-. The van der Waals surface area contributed by atoms with Gasteiger partial charge in [0, 0.05) is 12.8 Å². The van der Waals surface area contributed by atoms with Crippen LogP contribution in [0.2, 0.25) is 0 Å². The minimum atomic E-state index is -0.834. The summed E-state index contributed by atoms with van der Waals surface area (Å²) in [5, 5.41) is 0. The second kappa shape index (κ2) is 50.5. The highest BCUT2D eigenvalue weighted by atomic mass is 16.6. The maximum atomic E-state index is 12.7. The van der Waals surface area contributed by atoms with E-state index in [0.717, 1.165) is 57.8 Å². The van der Waals surface area contributed by atoms with E-state index in [9.17, 15) is 14.4 Å². The Kier molecular flexibility index (Phi) is 47.9. The van der Waals surface area contributed by atoms with Gasteiger partial charge in [0.05, 0.1) is 6.42 Å². The number of unbranched alkanes of at least 4 members (excludes halogenated alkanes) is 24. The first kappa shape index (κ1) is 58.9. The minimum absolute atomic E-state index is 0.121. The van der Waals surface area contributed by atoms with Gasteiger partial charge in [0.25, 0.3) is 0 Å². The quantitative estimate of drug-likeness (QED) is 0.0262. The van der Waals surface area contributed by atoms with E-state index in [1.165, 1.54) is 141 Å². The summed E-state index contributed by atoms with van der Waals surface area (Å²) in [6.45, 7) is 6.38. The molecule has 0 amide bonds. The van der Waals surface area contributed by atoms with Crippen molar-refractivity contribution in [3.63, 3.8) is 0 Å². The van der Waals surface area contributed by atoms with Crippen LogP contribution in [-0.4, -0.2) is 37.2 Å². The fourth-order valence-corrected chi connectivity index (χ4v) is 7.11. The number of esters is 3. The van der Waals surface area contributed by atoms with Crippen LogP contribution in [0.15, 0.2) is 72.9 Å². The van der Waals surface area contributed by atoms with E-state index in [-0.39, 0.29) is 38.0 Å². The van der Waals surface area contributed by atoms with Crippen LogP contribution in [0.4, 0.5) is 0 Å². The summed E-state index contributed by atoms with van der Waals surface area (Å²) in [7, 11) is 0. The van der Waals surface area contributed by atoms with Crippen molar-refractivity contribution in [2.75, 3.05) is 13.2 Å². The van der Waals surface area contributed by atoms with Crippen molar-refractivity contribution in [1.82, 2.24) is 0 Å². The Morgan fingerprint density at radius 1 is 0.355 bits per heavy atom. The molecule has 0 aliphatic rings. The zero-order valence-corrected chi connectivity index (χ0v) is 40.6. The highest BCUT2D eigenvalue weighted by Crippen LogP contribution is 2.15. The molecule has 6 nitrogen and oxygen atoms in total. The lowest BCUT2D eigenvalue weighted by molar-refractivity contribution is -0.166. The van der Waals surface area contributed by atoms with Crippen molar-refractivity contribution in [2.24, 2.45) is 0 Å². The first-order valence-electron chi connectivity index (χ1n) is 25.9. The van der Waals surface area contributed by atoms with Crippen LogP contribution < -0.4 is 0 Å². The van der Waals surface area contributed by atoms with Crippen LogP contribution in [-0.2, 0) is 28.6 Å². The normalized spacial score (nSPS) is 12.6. The zero-order valence-electron chi connectivity index (χ0n) is 40.6. The number of hydrogen-bond acceptors (Lipinski definition) is 6. The van der Waals surface area contributed by atoms with Crippen LogP contribution >= 0.6 is 0 Å². The Labute approximate surface area is 382 Å². The molecule has 62 heavy (non-hydrogen) atoms. The maximum Gasteiger partial charge on any atom is 0.309 e. The lowest BCUT2D eigenvalue weighted by Crippen LogP contribution is -2.30.